The maximum atomic E-state index is 14.1. The van der Waals surface area contributed by atoms with Gasteiger partial charge in [-0.2, -0.15) is 4.98 Å². The van der Waals surface area contributed by atoms with Gasteiger partial charge in [0.15, 0.2) is 5.82 Å². The molecule has 2 fully saturated rings. The molecule has 8 rings (SSSR count). The zero-order chi connectivity index (χ0) is 32.7. The van der Waals surface area contributed by atoms with E-state index in [2.05, 4.69) is 63.6 Å². The predicted octanol–water partition coefficient (Wildman–Crippen LogP) is 8.73. The maximum absolute atomic E-state index is 14.1. The quantitative estimate of drug-likeness (QED) is 0.173. The Kier molecular flexibility index (Phi) is 7.79. The molecule has 1 amide bonds. The first-order valence-corrected chi connectivity index (χ1v) is 17.1. The normalized spacial score (nSPS) is 17.3. The molecule has 8 heteroatoms. The van der Waals surface area contributed by atoms with Gasteiger partial charge in [0.1, 0.15) is 5.54 Å². The fourth-order valence-electron chi connectivity index (χ4n) is 8.06. The number of amides is 1. The van der Waals surface area contributed by atoms with Crippen molar-refractivity contribution in [3.63, 3.8) is 0 Å². The maximum Gasteiger partial charge on any atom is 0.328 e. The molecule has 0 unspecified atom stereocenters. The number of hydrogen-bond acceptors (Lipinski definition) is 5. The molecular formula is C40H38N4O4. The van der Waals surface area contributed by atoms with Gasteiger partial charge >= 0.3 is 5.97 Å². The highest BCUT2D eigenvalue weighted by Gasteiger charge is 2.42. The minimum Gasteiger partial charge on any atom is -0.478 e. The summed E-state index contributed by atoms with van der Waals surface area (Å²) in [4.78, 5) is 29.7. The lowest BCUT2D eigenvalue weighted by atomic mass is 9.81. The van der Waals surface area contributed by atoms with Gasteiger partial charge < -0.3 is 19.5 Å². The second-order valence-electron chi connectivity index (χ2n) is 13.4. The Morgan fingerprint density at radius 1 is 0.958 bits per heavy atom. The van der Waals surface area contributed by atoms with Gasteiger partial charge in [-0.25, -0.2) is 4.79 Å². The van der Waals surface area contributed by atoms with E-state index in [1.54, 1.807) is 12.1 Å². The van der Waals surface area contributed by atoms with E-state index in [4.69, 9.17) is 14.6 Å². The summed E-state index contributed by atoms with van der Waals surface area (Å²) in [5, 5.41) is 17.9. The zero-order valence-electron chi connectivity index (χ0n) is 26.8. The number of hydrogen-bond donors (Lipinski definition) is 2. The van der Waals surface area contributed by atoms with E-state index in [1.807, 2.05) is 18.2 Å². The van der Waals surface area contributed by atoms with Crippen molar-refractivity contribution in [1.82, 2.24) is 20.0 Å². The molecule has 2 saturated carbocycles. The van der Waals surface area contributed by atoms with Crippen LogP contribution >= 0.6 is 0 Å². The summed E-state index contributed by atoms with van der Waals surface area (Å²) in [6.45, 7) is 0.755. The van der Waals surface area contributed by atoms with Gasteiger partial charge in [-0.15, -0.1) is 0 Å². The van der Waals surface area contributed by atoms with Crippen molar-refractivity contribution in [3.8, 4) is 22.7 Å². The van der Waals surface area contributed by atoms with Crippen LogP contribution in [-0.2, 0) is 16.9 Å². The SMILES string of the molecule is O=C(O)C=Cc1ccc(-c2nc(C3(NC(=O)c4ccc5c(C6CCCCC6)c6n(c5c4)CC=Cc4ccccc4-6)CCCC3)no2)cc1. The highest BCUT2D eigenvalue weighted by Crippen LogP contribution is 2.46. The number of nitrogens with one attached hydrogen (secondary N) is 1. The van der Waals surface area contributed by atoms with Crippen LogP contribution < -0.4 is 5.32 Å². The predicted molar refractivity (Wildman–Crippen MR) is 186 cm³/mol. The van der Waals surface area contributed by atoms with Gasteiger partial charge in [0.05, 0.1) is 5.69 Å². The number of carboxylic acid groups (broad SMARTS) is 1. The summed E-state index contributed by atoms with van der Waals surface area (Å²) in [6.07, 6.45) is 16.7. The molecule has 0 saturated heterocycles. The summed E-state index contributed by atoms with van der Waals surface area (Å²) >= 11 is 0. The van der Waals surface area contributed by atoms with Gasteiger partial charge in [0.2, 0.25) is 0 Å². The minimum absolute atomic E-state index is 0.140. The van der Waals surface area contributed by atoms with E-state index in [1.165, 1.54) is 66.0 Å². The molecular weight excluding hydrogens is 600 g/mol. The molecule has 2 N–H and O–H groups in total. The topological polar surface area (TPSA) is 110 Å². The highest BCUT2D eigenvalue weighted by molar-refractivity contribution is 6.01. The molecule has 2 aromatic heterocycles. The molecule has 8 nitrogen and oxygen atoms in total. The van der Waals surface area contributed by atoms with E-state index < -0.39 is 11.5 Å². The van der Waals surface area contributed by atoms with Gasteiger partial charge in [0, 0.05) is 40.2 Å². The van der Waals surface area contributed by atoms with Crippen LogP contribution in [0.1, 0.15) is 96.6 Å². The van der Waals surface area contributed by atoms with Crippen LogP contribution in [0.15, 0.2) is 83.4 Å². The van der Waals surface area contributed by atoms with Gasteiger partial charge in [0.25, 0.3) is 11.8 Å². The van der Waals surface area contributed by atoms with Crippen LogP contribution in [0.3, 0.4) is 0 Å². The molecule has 0 radical (unpaired) electrons. The Labute approximate surface area is 279 Å². The molecule has 5 aromatic rings. The summed E-state index contributed by atoms with van der Waals surface area (Å²) in [6, 6.07) is 22.2. The lowest BCUT2D eigenvalue weighted by Crippen LogP contribution is -2.44. The van der Waals surface area contributed by atoms with Crippen LogP contribution in [-0.4, -0.2) is 31.7 Å². The number of allylic oxidation sites excluding steroid dienone is 1. The first kappa shape index (κ1) is 30.1. The Balaban J connectivity index is 1.13. The van der Waals surface area contributed by atoms with Crippen LogP contribution in [0, 0.1) is 0 Å². The second-order valence-corrected chi connectivity index (χ2v) is 13.4. The number of aromatic nitrogens is 3. The molecule has 242 valence electrons. The van der Waals surface area contributed by atoms with Crippen LogP contribution in [0.4, 0.5) is 0 Å². The highest BCUT2D eigenvalue weighted by atomic mass is 16.5. The molecule has 1 aliphatic heterocycles. The van der Waals surface area contributed by atoms with Gasteiger partial charge in [-0.05, 0) is 78.6 Å². The largest absolute Gasteiger partial charge is 0.478 e. The van der Waals surface area contributed by atoms with E-state index in [-0.39, 0.29) is 5.91 Å². The number of benzene rings is 3. The summed E-state index contributed by atoms with van der Waals surface area (Å²) in [7, 11) is 0. The van der Waals surface area contributed by atoms with Crippen molar-refractivity contribution in [1.29, 1.82) is 0 Å². The number of carboxylic acids is 1. The molecule has 0 atom stereocenters. The zero-order valence-corrected chi connectivity index (χ0v) is 26.8. The molecule has 3 heterocycles. The third kappa shape index (κ3) is 5.45. The Morgan fingerprint density at radius 3 is 2.54 bits per heavy atom. The average molecular weight is 639 g/mol. The smallest absolute Gasteiger partial charge is 0.328 e. The van der Waals surface area contributed by atoms with Gasteiger partial charge in [-0.3, -0.25) is 4.79 Å². The Morgan fingerprint density at radius 2 is 1.75 bits per heavy atom. The van der Waals surface area contributed by atoms with Gasteiger partial charge in [-0.1, -0.05) is 91.9 Å². The number of fused-ring (bicyclic) bond motifs is 5. The molecule has 0 bridgehead atoms. The standard InChI is InChI=1S/C40H38N4O4/c45-34(46)21-16-26-14-17-29(18-15-26)38-41-39(43-48-38)40(22-6-7-23-40)42-37(47)30-19-20-32-33(25-30)44-24-8-12-27-9-4-5-13-31(27)36(44)35(32)28-10-2-1-3-11-28/h4-5,8-9,12-21,25,28H,1-3,6-7,10-11,22-24H2,(H,42,47)(H,45,46). The van der Waals surface area contributed by atoms with Crippen molar-refractivity contribution in [2.45, 2.75) is 75.8 Å². The first-order chi connectivity index (χ1) is 23.5. The number of nitrogens with zero attached hydrogens (tertiary/aromatic N) is 3. The van der Waals surface area contributed by atoms with E-state index in [0.717, 1.165) is 54.9 Å². The molecule has 3 aromatic carbocycles. The van der Waals surface area contributed by atoms with Crippen molar-refractivity contribution in [2.24, 2.45) is 0 Å². The van der Waals surface area contributed by atoms with Crippen molar-refractivity contribution in [2.75, 3.05) is 0 Å². The van der Waals surface area contributed by atoms with Crippen molar-refractivity contribution in [3.05, 3.63) is 107 Å². The van der Waals surface area contributed by atoms with E-state index >= 15 is 0 Å². The third-order valence-corrected chi connectivity index (χ3v) is 10.4. The Hall–Kier alpha value is -5.24. The summed E-state index contributed by atoms with van der Waals surface area (Å²) in [5.41, 5.74) is 7.72. The summed E-state index contributed by atoms with van der Waals surface area (Å²) < 4.78 is 8.11. The third-order valence-electron chi connectivity index (χ3n) is 10.4. The number of aliphatic carboxylic acids is 1. The monoisotopic (exact) mass is 638 g/mol. The first-order valence-electron chi connectivity index (χ1n) is 17.1. The fourth-order valence-corrected chi connectivity index (χ4v) is 8.06. The lowest BCUT2D eigenvalue weighted by Gasteiger charge is -2.26. The van der Waals surface area contributed by atoms with E-state index in [9.17, 15) is 9.59 Å². The van der Waals surface area contributed by atoms with Crippen molar-refractivity contribution >= 4 is 34.9 Å². The fraction of sp³-hybridized carbons (Fsp3) is 0.300. The van der Waals surface area contributed by atoms with Crippen LogP contribution in [0.5, 0.6) is 0 Å². The average Bonchev–Trinajstić information content (AvgIpc) is 3.84. The minimum atomic E-state index is -1.00. The molecule has 0 spiro atoms. The number of carbonyl (C=O) groups excluding carboxylic acids is 1. The Bertz CT molecular complexity index is 2070. The molecule has 3 aliphatic rings. The molecule has 2 aliphatic carbocycles. The van der Waals surface area contributed by atoms with E-state index in [0.29, 0.717) is 23.2 Å². The van der Waals surface area contributed by atoms with Crippen LogP contribution in [0.2, 0.25) is 0 Å². The number of rotatable bonds is 7. The lowest BCUT2D eigenvalue weighted by molar-refractivity contribution is -0.131. The van der Waals surface area contributed by atoms with Crippen LogP contribution in [0.25, 0.3) is 45.8 Å². The molecule has 48 heavy (non-hydrogen) atoms. The summed E-state index contributed by atoms with van der Waals surface area (Å²) in [5.74, 6) is 0.214. The van der Waals surface area contributed by atoms with Crippen molar-refractivity contribution < 1.29 is 19.2 Å². The second kappa shape index (κ2) is 12.4. The number of carbonyl (C=O) groups is 2.